The molecule has 0 saturated heterocycles. The number of nitrogens with zero attached hydrogens (tertiary/aromatic N) is 3. The van der Waals surface area contributed by atoms with Crippen molar-refractivity contribution in [3.8, 4) is 23.7 Å². The molecule has 3 aromatic rings. The van der Waals surface area contributed by atoms with Crippen molar-refractivity contribution in [2.75, 3.05) is 12.3 Å². The minimum absolute atomic E-state index is 0.139. The van der Waals surface area contributed by atoms with E-state index in [9.17, 15) is 4.79 Å². The van der Waals surface area contributed by atoms with Crippen molar-refractivity contribution in [2.24, 2.45) is 0 Å². The molecule has 0 bridgehead atoms. The standard InChI is InChI=1S/C20H17ClN4OS/c1-2-12-22-18(26)14-27-20-24-23-19(16-8-10-17(21)11-9-16)25(20)13-15-6-4-3-5-7-15/h1,3-11H,12-14H2,(H,22,26). The summed E-state index contributed by atoms with van der Waals surface area (Å²) in [5.41, 5.74) is 2.03. The molecular formula is C20H17ClN4OS. The van der Waals surface area contributed by atoms with E-state index < -0.39 is 0 Å². The molecule has 0 aliphatic rings. The van der Waals surface area contributed by atoms with Crippen molar-refractivity contribution in [2.45, 2.75) is 11.7 Å². The fraction of sp³-hybridized carbons (Fsp3) is 0.150. The monoisotopic (exact) mass is 396 g/mol. The summed E-state index contributed by atoms with van der Waals surface area (Å²) in [7, 11) is 0. The van der Waals surface area contributed by atoms with Gasteiger partial charge in [0.2, 0.25) is 5.91 Å². The molecule has 0 unspecified atom stereocenters. The smallest absolute Gasteiger partial charge is 0.231 e. The van der Waals surface area contributed by atoms with Gasteiger partial charge in [-0.1, -0.05) is 59.6 Å². The molecule has 1 heterocycles. The molecule has 7 heteroatoms. The fourth-order valence-electron chi connectivity index (χ4n) is 2.45. The molecule has 0 spiro atoms. The zero-order valence-corrected chi connectivity index (χ0v) is 16.0. The highest BCUT2D eigenvalue weighted by molar-refractivity contribution is 7.99. The van der Waals surface area contributed by atoms with Gasteiger partial charge in [-0.15, -0.1) is 16.6 Å². The van der Waals surface area contributed by atoms with E-state index in [4.69, 9.17) is 18.0 Å². The highest BCUT2D eigenvalue weighted by Crippen LogP contribution is 2.26. The molecule has 2 aromatic carbocycles. The van der Waals surface area contributed by atoms with E-state index in [1.807, 2.05) is 59.2 Å². The number of hydrogen-bond donors (Lipinski definition) is 1. The third kappa shape index (κ3) is 5.13. The zero-order chi connectivity index (χ0) is 19.1. The van der Waals surface area contributed by atoms with Crippen molar-refractivity contribution in [3.63, 3.8) is 0 Å². The van der Waals surface area contributed by atoms with Gasteiger partial charge in [0, 0.05) is 10.6 Å². The third-order valence-electron chi connectivity index (χ3n) is 3.72. The van der Waals surface area contributed by atoms with E-state index in [0.717, 1.165) is 17.0 Å². The highest BCUT2D eigenvalue weighted by atomic mass is 35.5. The number of carbonyl (C=O) groups is 1. The van der Waals surface area contributed by atoms with Gasteiger partial charge >= 0.3 is 0 Å². The molecule has 0 radical (unpaired) electrons. The van der Waals surface area contributed by atoms with Crippen molar-refractivity contribution in [1.82, 2.24) is 20.1 Å². The number of amides is 1. The number of nitrogens with one attached hydrogen (secondary N) is 1. The fourth-order valence-corrected chi connectivity index (χ4v) is 3.34. The number of benzene rings is 2. The lowest BCUT2D eigenvalue weighted by molar-refractivity contribution is -0.118. The predicted molar refractivity (Wildman–Crippen MR) is 109 cm³/mol. The topological polar surface area (TPSA) is 59.8 Å². The van der Waals surface area contributed by atoms with Crippen molar-refractivity contribution < 1.29 is 4.79 Å². The van der Waals surface area contributed by atoms with E-state index in [0.29, 0.717) is 16.7 Å². The van der Waals surface area contributed by atoms with Crippen molar-refractivity contribution in [1.29, 1.82) is 0 Å². The summed E-state index contributed by atoms with van der Waals surface area (Å²) in [4.78, 5) is 11.9. The van der Waals surface area contributed by atoms with Gasteiger partial charge in [-0.3, -0.25) is 9.36 Å². The summed E-state index contributed by atoms with van der Waals surface area (Å²) in [6.07, 6.45) is 5.17. The Morgan fingerprint density at radius 1 is 1.15 bits per heavy atom. The Bertz CT molecular complexity index is 948. The summed E-state index contributed by atoms with van der Waals surface area (Å²) in [6.45, 7) is 0.812. The summed E-state index contributed by atoms with van der Waals surface area (Å²) in [6, 6.07) is 17.5. The van der Waals surface area contributed by atoms with Crippen LogP contribution in [0.5, 0.6) is 0 Å². The first-order valence-electron chi connectivity index (χ1n) is 8.23. The number of hydrogen-bond acceptors (Lipinski definition) is 4. The Morgan fingerprint density at radius 3 is 2.59 bits per heavy atom. The first-order chi connectivity index (χ1) is 13.2. The second-order valence-corrected chi connectivity index (χ2v) is 7.03. The largest absolute Gasteiger partial charge is 0.344 e. The van der Waals surface area contributed by atoms with E-state index in [2.05, 4.69) is 21.4 Å². The van der Waals surface area contributed by atoms with Crippen molar-refractivity contribution >= 4 is 29.3 Å². The molecule has 5 nitrogen and oxygen atoms in total. The molecule has 1 amide bonds. The van der Waals surface area contributed by atoms with Gasteiger partial charge in [-0.05, 0) is 29.8 Å². The Labute approximate surface area is 167 Å². The van der Waals surface area contributed by atoms with Crippen molar-refractivity contribution in [3.05, 3.63) is 65.2 Å². The first-order valence-corrected chi connectivity index (χ1v) is 9.60. The van der Waals surface area contributed by atoms with Crippen LogP contribution in [-0.4, -0.2) is 33.0 Å². The average molecular weight is 397 g/mol. The SMILES string of the molecule is C#CCNC(=O)CSc1nnc(-c2ccc(Cl)cc2)n1Cc1ccccc1. The molecule has 0 atom stereocenters. The molecule has 136 valence electrons. The van der Waals surface area contributed by atoms with Crippen LogP contribution in [0, 0.1) is 12.3 Å². The summed E-state index contributed by atoms with van der Waals surface area (Å²) in [5.74, 6) is 3.19. The van der Waals surface area contributed by atoms with Crippen LogP contribution in [0.3, 0.4) is 0 Å². The second kappa shape index (κ2) is 9.26. The summed E-state index contributed by atoms with van der Waals surface area (Å²) >= 11 is 7.32. The van der Waals surface area contributed by atoms with Gasteiger partial charge in [0.15, 0.2) is 11.0 Å². The molecule has 0 aliphatic carbocycles. The molecule has 1 aromatic heterocycles. The van der Waals surface area contributed by atoms with Crippen LogP contribution in [0.4, 0.5) is 0 Å². The lowest BCUT2D eigenvalue weighted by Crippen LogP contribution is -2.25. The van der Waals surface area contributed by atoms with Crippen LogP contribution in [0.15, 0.2) is 59.8 Å². The minimum Gasteiger partial charge on any atom is -0.344 e. The number of halogens is 1. The Kier molecular flexibility index (Phi) is 6.53. The Hall–Kier alpha value is -2.75. The van der Waals surface area contributed by atoms with Gasteiger partial charge in [0.25, 0.3) is 0 Å². The van der Waals surface area contributed by atoms with Gasteiger partial charge in [0.1, 0.15) is 0 Å². The van der Waals surface area contributed by atoms with Gasteiger partial charge in [0.05, 0.1) is 18.8 Å². The van der Waals surface area contributed by atoms with Crippen LogP contribution < -0.4 is 5.32 Å². The van der Waals surface area contributed by atoms with E-state index in [1.165, 1.54) is 11.8 Å². The summed E-state index contributed by atoms with van der Waals surface area (Å²) in [5, 5.41) is 12.6. The maximum atomic E-state index is 11.9. The van der Waals surface area contributed by atoms with Crippen LogP contribution >= 0.6 is 23.4 Å². The molecule has 0 fully saturated rings. The van der Waals surface area contributed by atoms with Gasteiger partial charge < -0.3 is 5.32 Å². The first kappa shape index (κ1) is 19.0. The number of carbonyl (C=O) groups excluding carboxylic acids is 1. The molecular weight excluding hydrogens is 380 g/mol. The second-order valence-electron chi connectivity index (χ2n) is 5.65. The lowest BCUT2D eigenvalue weighted by Gasteiger charge is -2.10. The summed E-state index contributed by atoms with van der Waals surface area (Å²) < 4.78 is 2.00. The highest BCUT2D eigenvalue weighted by Gasteiger charge is 2.16. The molecule has 3 rings (SSSR count). The van der Waals surface area contributed by atoms with Gasteiger partial charge in [-0.25, -0.2) is 0 Å². The van der Waals surface area contributed by atoms with Gasteiger partial charge in [-0.2, -0.15) is 0 Å². The quantitative estimate of drug-likeness (QED) is 0.490. The van der Waals surface area contributed by atoms with Crippen LogP contribution in [-0.2, 0) is 11.3 Å². The van der Waals surface area contributed by atoms with Crippen LogP contribution in [0.25, 0.3) is 11.4 Å². The molecule has 27 heavy (non-hydrogen) atoms. The van der Waals surface area contributed by atoms with Crippen LogP contribution in [0.1, 0.15) is 5.56 Å². The van der Waals surface area contributed by atoms with Crippen LogP contribution in [0.2, 0.25) is 5.02 Å². The lowest BCUT2D eigenvalue weighted by atomic mass is 10.2. The molecule has 0 saturated carbocycles. The van der Waals surface area contributed by atoms with E-state index >= 15 is 0 Å². The van der Waals surface area contributed by atoms with E-state index in [-0.39, 0.29) is 18.2 Å². The molecule has 0 aliphatic heterocycles. The third-order valence-corrected chi connectivity index (χ3v) is 4.94. The normalized spacial score (nSPS) is 10.4. The maximum absolute atomic E-state index is 11.9. The number of terminal acetylenes is 1. The molecule has 1 N–H and O–H groups in total. The minimum atomic E-state index is -0.139. The number of aromatic nitrogens is 3. The maximum Gasteiger partial charge on any atom is 0.231 e. The number of rotatable bonds is 7. The Balaban J connectivity index is 1.87. The predicted octanol–water partition coefficient (Wildman–Crippen LogP) is 3.49. The zero-order valence-electron chi connectivity index (χ0n) is 14.4. The number of thioether (sulfide) groups is 1. The average Bonchev–Trinajstić information content (AvgIpc) is 3.08. The Morgan fingerprint density at radius 2 is 1.89 bits per heavy atom. The van der Waals surface area contributed by atoms with E-state index in [1.54, 1.807) is 0 Å².